The molecule has 43 heavy (non-hydrogen) atoms. The number of benzene rings is 4. The van der Waals surface area contributed by atoms with E-state index < -0.39 is 0 Å². The van der Waals surface area contributed by atoms with Gasteiger partial charge in [-0.2, -0.15) is 5.10 Å². The van der Waals surface area contributed by atoms with Crippen molar-refractivity contribution in [3.05, 3.63) is 131 Å². The number of anilines is 1. The maximum absolute atomic E-state index is 14.1. The molecule has 0 bridgehead atoms. The van der Waals surface area contributed by atoms with Crippen LogP contribution in [0.1, 0.15) is 17.0 Å². The summed E-state index contributed by atoms with van der Waals surface area (Å²) in [5, 5.41) is 6.17. The van der Waals surface area contributed by atoms with Crippen LogP contribution in [0.15, 0.2) is 108 Å². The third-order valence-electron chi connectivity index (χ3n) is 7.49. The molecular weight excluding hydrogens is 538 g/mol. The van der Waals surface area contributed by atoms with Crippen LogP contribution in [0.2, 0.25) is 0 Å². The molecule has 0 saturated carbocycles. The highest BCUT2D eigenvalue weighted by atomic mass is 16.5. The van der Waals surface area contributed by atoms with Crippen molar-refractivity contribution in [2.75, 3.05) is 5.73 Å². The van der Waals surface area contributed by atoms with Gasteiger partial charge in [-0.1, -0.05) is 48.5 Å². The second kappa shape index (κ2) is 10.5. The standard InChI is InChI=1S/C34H27N7O2/c1-21-9-6-7-14-27(21)41-28(38-26-13-8-10-22(2)29(26)34(41)42)19-40-33-30(32(35)36-20-37-33)31(39-40)23-15-17-25(18-16-23)43-24-11-4-3-5-12-24/h3-18,20H,19H2,1-2H3,(H2,35,36,37). The number of nitrogen functional groups attached to an aromatic ring is 1. The summed E-state index contributed by atoms with van der Waals surface area (Å²) in [5.41, 5.74) is 11.5. The first-order chi connectivity index (χ1) is 21.0. The molecule has 7 rings (SSSR count). The molecule has 9 nitrogen and oxygen atoms in total. The van der Waals surface area contributed by atoms with Gasteiger partial charge in [0.05, 0.1) is 22.0 Å². The lowest BCUT2D eigenvalue weighted by molar-refractivity contribution is 0.483. The molecule has 3 aromatic heterocycles. The fraction of sp³-hybridized carbons (Fsp3) is 0.0882. The Hall–Kier alpha value is -5.83. The number of nitrogens with zero attached hydrogens (tertiary/aromatic N) is 6. The minimum atomic E-state index is -0.132. The Labute approximate surface area is 246 Å². The van der Waals surface area contributed by atoms with E-state index in [-0.39, 0.29) is 12.1 Å². The first kappa shape index (κ1) is 26.1. The Kier molecular flexibility index (Phi) is 6.39. The van der Waals surface area contributed by atoms with Crippen molar-refractivity contribution in [2.45, 2.75) is 20.4 Å². The quantitative estimate of drug-likeness (QED) is 0.254. The van der Waals surface area contributed by atoms with Crippen LogP contribution in [0.25, 0.3) is 38.9 Å². The molecule has 0 aliphatic carbocycles. The van der Waals surface area contributed by atoms with Crippen LogP contribution < -0.4 is 16.0 Å². The summed E-state index contributed by atoms with van der Waals surface area (Å²) >= 11 is 0. The van der Waals surface area contributed by atoms with Crippen LogP contribution in [0.4, 0.5) is 5.82 Å². The van der Waals surface area contributed by atoms with Gasteiger partial charge in [0.15, 0.2) is 5.65 Å². The molecule has 0 amide bonds. The fourth-order valence-electron chi connectivity index (χ4n) is 5.39. The molecule has 0 aliphatic heterocycles. The largest absolute Gasteiger partial charge is 0.457 e. The van der Waals surface area contributed by atoms with Gasteiger partial charge >= 0.3 is 0 Å². The van der Waals surface area contributed by atoms with Gasteiger partial charge in [0.25, 0.3) is 5.56 Å². The lowest BCUT2D eigenvalue weighted by Crippen LogP contribution is -2.26. The van der Waals surface area contributed by atoms with Gasteiger partial charge in [-0.15, -0.1) is 0 Å². The molecule has 0 saturated heterocycles. The van der Waals surface area contributed by atoms with Crippen molar-refractivity contribution in [1.82, 2.24) is 29.3 Å². The van der Waals surface area contributed by atoms with Gasteiger partial charge in [-0.05, 0) is 73.5 Å². The van der Waals surface area contributed by atoms with E-state index in [1.807, 2.05) is 111 Å². The first-order valence-corrected chi connectivity index (χ1v) is 13.9. The van der Waals surface area contributed by atoms with E-state index in [0.717, 1.165) is 28.1 Å². The van der Waals surface area contributed by atoms with E-state index in [9.17, 15) is 4.79 Å². The molecule has 3 heterocycles. The molecule has 0 radical (unpaired) electrons. The molecule has 9 heteroatoms. The van der Waals surface area contributed by atoms with E-state index in [0.29, 0.717) is 45.0 Å². The van der Waals surface area contributed by atoms with Crippen molar-refractivity contribution in [2.24, 2.45) is 0 Å². The molecule has 210 valence electrons. The van der Waals surface area contributed by atoms with Crippen LogP contribution in [0, 0.1) is 13.8 Å². The van der Waals surface area contributed by atoms with Crippen molar-refractivity contribution in [1.29, 1.82) is 0 Å². The highest BCUT2D eigenvalue weighted by Gasteiger charge is 2.21. The highest BCUT2D eigenvalue weighted by Crippen LogP contribution is 2.32. The molecule has 0 aliphatic rings. The predicted molar refractivity (Wildman–Crippen MR) is 168 cm³/mol. The van der Waals surface area contributed by atoms with Crippen LogP contribution in [0.3, 0.4) is 0 Å². The van der Waals surface area contributed by atoms with E-state index in [1.165, 1.54) is 6.33 Å². The molecule has 0 fully saturated rings. The van der Waals surface area contributed by atoms with Crippen molar-refractivity contribution < 1.29 is 4.74 Å². The number of aromatic nitrogens is 6. The Morgan fingerprint density at radius 1 is 0.767 bits per heavy atom. The summed E-state index contributed by atoms with van der Waals surface area (Å²) in [6.07, 6.45) is 1.42. The smallest absolute Gasteiger partial charge is 0.266 e. The Morgan fingerprint density at radius 2 is 1.49 bits per heavy atom. The summed E-state index contributed by atoms with van der Waals surface area (Å²) in [6.45, 7) is 4.08. The summed E-state index contributed by atoms with van der Waals surface area (Å²) in [7, 11) is 0. The number of aryl methyl sites for hydroxylation is 2. The minimum absolute atomic E-state index is 0.132. The third kappa shape index (κ3) is 4.66. The molecule has 7 aromatic rings. The van der Waals surface area contributed by atoms with Gasteiger partial charge in [-0.25, -0.2) is 19.6 Å². The van der Waals surface area contributed by atoms with E-state index in [2.05, 4.69) is 9.97 Å². The Morgan fingerprint density at radius 3 is 2.28 bits per heavy atom. The van der Waals surface area contributed by atoms with E-state index in [1.54, 1.807) is 9.25 Å². The fourth-order valence-corrected chi connectivity index (χ4v) is 5.39. The lowest BCUT2D eigenvalue weighted by Gasteiger charge is -2.16. The first-order valence-electron chi connectivity index (χ1n) is 13.9. The zero-order valence-corrected chi connectivity index (χ0v) is 23.6. The second-order valence-corrected chi connectivity index (χ2v) is 10.3. The summed E-state index contributed by atoms with van der Waals surface area (Å²) in [5.74, 6) is 2.28. The van der Waals surface area contributed by atoms with Crippen molar-refractivity contribution >= 4 is 27.8 Å². The second-order valence-electron chi connectivity index (χ2n) is 10.3. The van der Waals surface area contributed by atoms with Crippen molar-refractivity contribution in [3.8, 4) is 28.4 Å². The summed E-state index contributed by atoms with van der Waals surface area (Å²) in [6, 6.07) is 30.7. The van der Waals surface area contributed by atoms with Gasteiger partial charge < -0.3 is 10.5 Å². The van der Waals surface area contributed by atoms with Crippen molar-refractivity contribution in [3.63, 3.8) is 0 Å². The minimum Gasteiger partial charge on any atom is -0.457 e. The van der Waals surface area contributed by atoms with Gasteiger partial charge in [-0.3, -0.25) is 9.36 Å². The SMILES string of the molecule is Cc1ccccc1-n1c(Cn2nc(-c3ccc(Oc4ccccc4)cc3)c3c(N)ncnc32)nc2cccc(C)c2c1=O. The summed E-state index contributed by atoms with van der Waals surface area (Å²) in [4.78, 5) is 27.8. The van der Waals surface area contributed by atoms with Crippen LogP contribution in [-0.2, 0) is 6.54 Å². The zero-order chi connectivity index (χ0) is 29.5. The number of fused-ring (bicyclic) bond motifs is 2. The van der Waals surface area contributed by atoms with E-state index in [4.69, 9.17) is 20.6 Å². The number of para-hydroxylation sites is 2. The van der Waals surface area contributed by atoms with Gasteiger partial charge in [0.2, 0.25) is 0 Å². The number of hydrogen-bond donors (Lipinski definition) is 1. The molecule has 0 atom stereocenters. The molecule has 4 aromatic carbocycles. The third-order valence-corrected chi connectivity index (χ3v) is 7.49. The van der Waals surface area contributed by atoms with E-state index >= 15 is 0 Å². The maximum Gasteiger partial charge on any atom is 0.266 e. The molecule has 0 unspecified atom stereocenters. The number of rotatable bonds is 6. The van der Waals surface area contributed by atoms with Gasteiger partial charge in [0, 0.05) is 5.56 Å². The topological polar surface area (TPSA) is 114 Å². The number of nitrogens with two attached hydrogens (primary N) is 1. The van der Waals surface area contributed by atoms with Gasteiger partial charge in [0.1, 0.15) is 41.7 Å². The lowest BCUT2D eigenvalue weighted by atomic mass is 10.1. The molecular formula is C34H27N7O2. The van der Waals surface area contributed by atoms with Crippen LogP contribution in [-0.4, -0.2) is 29.3 Å². The average Bonchev–Trinajstić information content (AvgIpc) is 3.38. The highest BCUT2D eigenvalue weighted by molar-refractivity contribution is 5.98. The van der Waals surface area contributed by atoms with Crippen LogP contribution >= 0.6 is 0 Å². The maximum atomic E-state index is 14.1. The Balaban J connectivity index is 1.37. The Bertz CT molecular complexity index is 2190. The predicted octanol–water partition coefficient (Wildman–Crippen LogP) is 6.23. The summed E-state index contributed by atoms with van der Waals surface area (Å²) < 4.78 is 9.38. The monoisotopic (exact) mass is 565 g/mol. The molecule has 2 N–H and O–H groups in total. The zero-order valence-electron chi connectivity index (χ0n) is 23.6. The normalized spacial score (nSPS) is 11.3. The molecule has 0 spiro atoms. The number of hydrogen-bond acceptors (Lipinski definition) is 7. The average molecular weight is 566 g/mol. The number of ether oxygens (including phenoxy) is 1. The van der Waals surface area contributed by atoms with Crippen LogP contribution in [0.5, 0.6) is 11.5 Å².